The molecule has 4 nitrogen and oxygen atoms in total. The number of nitrogens with one attached hydrogen (secondary N) is 1. The molecule has 1 aliphatic rings. The number of nitrogen functional groups attached to an aromatic ring is 1. The lowest BCUT2D eigenvalue weighted by Crippen LogP contribution is -2.53. The molecule has 1 aromatic rings. The maximum atomic E-state index is 5.76. The zero-order valence-electron chi connectivity index (χ0n) is 7.58. The number of hydrogen-bond acceptors (Lipinski definition) is 4. The molecule has 13 heavy (non-hydrogen) atoms. The van der Waals surface area contributed by atoms with Crippen LogP contribution in [0.5, 0.6) is 0 Å². The van der Waals surface area contributed by atoms with Crippen LogP contribution < -0.4 is 11.1 Å². The number of anilines is 2. The molecule has 0 unspecified atom stereocenters. The highest BCUT2D eigenvalue weighted by atomic mass is 16.5. The molecule has 1 fully saturated rings. The lowest BCUT2D eigenvalue weighted by molar-refractivity contribution is -0.0318. The maximum absolute atomic E-state index is 5.76. The molecule has 1 aromatic heterocycles. The summed E-state index contributed by atoms with van der Waals surface area (Å²) in [4.78, 5) is 4.00. The molecule has 2 heterocycles. The molecule has 3 N–H and O–H groups in total. The molecular weight excluding hydrogens is 166 g/mol. The molecule has 0 radical (unpaired) electrons. The highest BCUT2D eigenvalue weighted by Crippen LogP contribution is 2.25. The molecule has 0 saturated carbocycles. The van der Waals surface area contributed by atoms with Gasteiger partial charge in [0.1, 0.15) is 0 Å². The number of hydrogen-bond donors (Lipinski definition) is 2. The van der Waals surface area contributed by atoms with Crippen LogP contribution in [0.3, 0.4) is 0 Å². The first-order chi connectivity index (χ1) is 6.20. The Morgan fingerprint density at radius 2 is 2.38 bits per heavy atom. The van der Waals surface area contributed by atoms with Crippen LogP contribution in [0.2, 0.25) is 0 Å². The first-order valence-electron chi connectivity index (χ1n) is 4.25. The van der Waals surface area contributed by atoms with Gasteiger partial charge < -0.3 is 15.8 Å². The predicted octanol–water partition coefficient (Wildman–Crippen LogP) is 0.865. The molecule has 1 saturated heterocycles. The lowest BCUT2D eigenvalue weighted by atomic mass is 10.0. The second-order valence-corrected chi connectivity index (χ2v) is 3.64. The van der Waals surface area contributed by atoms with Gasteiger partial charge in [0.2, 0.25) is 0 Å². The van der Waals surface area contributed by atoms with Crippen molar-refractivity contribution in [2.24, 2.45) is 0 Å². The molecule has 70 valence electrons. The van der Waals surface area contributed by atoms with Gasteiger partial charge in [-0.25, -0.2) is 0 Å². The molecule has 0 aromatic carbocycles. The van der Waals surface area contributed by atoms with Gasteiger partial charge in [0.25, 0.3) is 0 Å². The van der Waals surface area contributed by atoms with Gasteiger partial charge in [-0.1, -0.05) is 0 Å². The van der Waals surface area contributed by atoms with Crippen molar-refractivity contribution >= 4 is 11.4 Å². The van der Waals surface area contributed by atoms with E-state index in [0.29, 0.717) is 0 Å². The van der Waals surface area contributed by atoms with Gasteiger partial charge in [-0.2, -0.15) is 0 Å². The van der Waals surface area contributed by atoms with Crippen molar-refractivity contribution in [3.05, 3.63) is 18.5 Å². The van der Waals surface area contributed by atoms with Crippen LogP contribution in [0, 0.1) is 0 Å². The Balaban J connectivity index is 2.13. The first kappa shape index (κ1) is 8.31. The second kappa shape index (κ2) is 2.88. The van der Waals surface area contributed by atoms with Crippen molar-refractivity contribution in [1.82, 2.24) is 4.98 Å². The summed E-state index contributed by atoms with van der Waals surface area (Å²) in [5.74, 6) is 0. The fraction of sp³-hybridized carbons (Fsp3) is 0.444. The third-order valence-electron chi connectivity index (χ3n) is 2.13. The van der Waals surface area contributed by atoms with Crippen molar-refractivity contribution < 1.29 is 4.74 Å². The molecular formula is C9H13N3O. The zero-order chi connectivity index (χ0) is 9.31. The Hall–Kier alpha value is -1.29. The van der Waals surface area contributed by atoms with E-state index in [9.17, 15) is 0 Å². The van der Waals surface area contributed by atoms with Crippen LogP contribution in [-0.2, 0) is 4.74 Å². The predicted molar refractivity (Wildman–Crippen MR) is 51.5 cm³/mol. The van der Waals surface area contributed by atoms with Crippen molar-refractivity contribution in [1.29, 1.82) is 0 Å². The molecule has 1 aliphatic heterocycles. The fourth-order valence-electron chi connectivity index (χ4n) is 1.32. The van der Waals surface area contributed by atoms with E-state index in [4.69, 9.17) is 10.5 Å². The van der Waals surface area contributed by atoms with Crippen molar-refractivity contribution in [3.63, 3.8) is 0 Å². The standard InChI is InChI=1S/C9H13N3O/c1-9(5-13-6-9)12-8-4-11-3-2-7(8)10/h2-4,12H,5-6H2,1H3,(H2,10,11). The quantitative estimate of drug-likeness (QED) is 0.707. The van der Waals surface area contributed by atoms with Gasteiger partial charge in [-0.05, 0) is 13.0 Å². The normalized spacial score (nSPS) is 19.2. The smallest absolute Gasteiger partial charge is 0.0813 e. The number of nitrogens with zero attached hydrogens (tertiary/aromatic N) is 1. The van der Waals surface area contributed by atoms with Gasteiger partial charge in [-0.3, -0.25) is 4.98 Å². The van der Waals surface area contributed by atoms with Gasteiger partial charge in [0.05, 0.1) is 36.3 Å². The van der Waals surface area contributed by atoms with E-state index in [1.54, 1.807) is 18.5 Å². The average molecular weight is 179 g/mol. The van der Waals surface area contributed by atoms with Crippen LogP contribution >= 0.6 is 0 Å². The third kappa shape index (κ3) is 1.58. The summed E-state index contributed by atoms with van der Waals surface area (Å²) in [6, 6.07) is 1.78. The number of aromatic nitrogens is 1. The minimum atomic E-state index is 0.0250. The van der Waals surface area contributed by atoms with Crippen molar-refractivity contribution in [2.75, 3.05) is 24.3 Å². The van der Waals surface area contributed by atoms with E-state index in [2.05, 4.69) is 17.2 Å². The SMILES string of the molecule is CC1(Nc2cnccc2N)COC1. The average Bonchev–Trinajstić information content (AvgIpc) is 2.06. The number of rotatable bonds is 2. The van der Waals surface area contributed by atoms with E-state index in [1.807, 2.05) is 0 Å². The van der Waals surface area contributed by atoms with Crippen molar-refractivity contribution in [3.8, 4) is 0 Å². The topological polar surface area (TPSA) is 60.2 Å². The lowest BCUT2D eigenvalue weighted by Gasteiger charge is -2.39. The maximum Gasteiger partial charge on any atom is 0.0813 e. The molecule has 0 bridgehead atoms. The van der Waals surface area contributed by atoms with Crippen molar-refractivity contribution in [2.45, 2.75) is 12.5 Å². The highest BCUT2D eigenvalue weighted by Gasteiger charge is 2.33. The first-order valence-corrected chi connectivity index (χ1v) is 4.25. The van der Waals surface area contributed by atoms with Crippen LogP contribution in [0.1, 0.15) is 6.92 Å². The number of ether oxygens (including phenoxy) is 1. The summed E-state index contributed by atoms with van der Waals surface area (Å²) >= 11 is 0. The van der Waals surface area contributed by atoms with E-state index in [1.165, 1.54) is 0 Å². The summed E-state index contributed by atoms with van der Waals surface area (Å²) in [6.07, 6.45) is 3.42. The Morgan fingerprint density at radius 1 is 1.62 bits per heavy atom. The Bertz CT molecular complexity index is 309. The van der Waals surface area contributed by atoms with Gasteiger partial charge in [0, 0.05) is 6.20 Å². The molecule has 2 rings (SSSR count). The summed E-state index contributed by atoms with van der Waals surface area (Å²) in [7, 11) is 0. The van der Waals surface area contributed by atoms with E-state index < -0.39 is 0 Å². The second-order valence-electron chi connectivity index (χ2n) is 3.64. The Labute approximate surface area is 77.1 Å². The monoisotopic (exact) mass is 179 g/mol. The number of nitrogens with two attached hydrogens (primary N) is 1. The number of pyridine rings is 1. The van der Waals surface area contributed by atoms with Crippen LogP contribution in [0.15, 0.2) is 18.5 Å². The summed E-state index contributed by atoms with van der Waals surface area (Å²) < 4.78 is 5.13. The third-order valence-corrected chi connectivity index (χ3v) is 2.13. The summed E-state index contributed by atoms with van der Waals surface area (Å²) in [6.45, 7) is 3.55. The fourth-order valence-corrected chi connectivity index (χ4v) is 1.32. The van der Waals surface area contributed by atoms with Crippen LogP contribution in [-0.4, -0.2) is 23.7 Å². The Morgan fingerprint density at radius 3 is 2.92 bits per heavy atom. The van der Waals surface area contributed by atoms with Gasteiger partial charge in [0.15, 0.2) is 0 Å². The van der Waals surface area contributed by atoms with E-state index in [-0.39, 0.29) is 5.54 Å². The van der Waals surface area contributed by atoms with Gasteiger partial charge in [-0.15, -0.1) is 0 Å². The minimum Gasteiger partial charge on any atom is -0.397 e. The van der Waals surface area contributed by atoms with E-state index >= 15 is 0 Å². The van der Waals surface area contributed by atoms with Crippen LogP contribution in [0.25, 0.3) is 0 Å². The molecule has 4 heteroatoms. The van der Waals surface area contributed by atoms with Crippen LogP contribution in [0.4, 0.5) is 11.4 Å². The molecule has 0 atom stereocenters. The summed E-state index contributed by atoms with van der Waals surface area (Å²) in [5, 5.41) is 3.31. The Kier molecular flexibility index (Phi) is 1.84. The molecule has 0 amide bonds. The molecule has 0 aliphatic carbocycles. The highest BCUT2D eigenvalue weighted by molar-refractivity contribution is 5.65. The zero-order valence-corrected chi connectivity index (χ0v) is 7.58. The van der Waals surface area contributed by atoms with E-state index in [0.717, 1.165) is 24.6 Å². The summed E-state index contributed by atoms with van der Waals surface area (Å²) in [5.41, 5.74) is 7.40. The largest absolute Gasteiger partial charge is 0.397 e. The van der Waals surface area contributed by atoms with Gasteiger partial charge >= 0.3 is 0 Å². The minimum absolute atomic E-state index is 0.0250. The molecule has 0 spiro atoms.